The van der Waals surface area contributed by atoms with Crippen molar-refractivity contribution in [3.05, 3.63) is 35.6 Å². The van der Waals surface area contributed by atoms with Crippen molar-refractivity contribution < 1.29 is 4.39 Å². The minimum atomic E-state index is -0.109. The molecule has 1 aromatic rings. The molecule has 0 bridgehead atoms. The van der Waals surface area contributed by atoms with Crippen LogP contribution in [-0.4, -0.2) is 13.6 Å². The van der Waals surface area contributed by atoms with Crippen LogP contribution in [-0.2, 0) is 6.42 Å². The van der Waals surface area contributed by atoms with Crippen molar-refractivity contribution in [3.63, 3.8) is 0 Å². The maximum atomic E-state index is 12.9. The number of hydrogen-bond acceptors (Lipinski definition) is 1. The summed E-state index contributed by atoms with van der Waals surface area (Å²) in [5.74, 6) is -0.109. The van der Waals surface area contributed by atoms with Crippen LogP contribution in [0.3, 0.4) is 0 Å². The molecule has 0 saturated heterocycles. The predicted octanol–water partition coefficient (Wildman–Crippen LogP) is 2.61. The van der Waals surface area contributed by atoms with Gasteiger partial charge in [0.1, 0.15) is 5.82 Å². The first-order valence-electron chi connectivity index (χ1n) is 4.72. The highest BCUT2D eigenvalue weighted by Gasteiger charge is 1.97. The van der Waals surface area contributed by atoms with Crippen LogP contribution in [0, 0.1) is 5.82 Å². The molecular formula is C11H18FN. The minimum absolute atomic E-state index is 0.109. The molecule has 1 N–H and O–H groups in total. The van der Waals surface area contributed by atoms with Crippen molar-refractivity contribution in [1.82, 2.24) is 5.32 Å². The lowest BCUT2D eigenvalue weighted by atomic mass is 10.1. The Labute approximate surface area is 80.0 Å². The van der Waals surface area contributed by atoms with Gasteiger partial charge in [-0.1, -0.05) is 32.0 Å². The molecular weight excluding hydrogens is 165 g/mol. The van der Waals surface area contributed by atoms with Crippen LogP contribution in [0.1, 0.15) is 19.4 Å². The zero-order valence-corrected chi connectivity index (χ0v) is 8.60. The fraction of sp³-hybridized carbons (Fsp3) is 0.455. The molecule has 0 aliphatic carbocycles. The fourth-order valence-electron chi connectivity index (χ4n) is 0.961. The second kappa shape index (κ2) is 7.74. The summed E-state index contributed by atoms with van der Waals surface area (Å²) in [4.78, 5) is 0. The highest BCUT2D eigenvalue weighted by atomic mass is 19.1. The number of hydrogen-bond donors (Lipinski definition) is 1. The summed E-state index contributed by atoms with van der Waals surface area (Å²) < 4.78 is 12.9. The molecule has 0 radical (unpaired) electrons. The molecule has 0 aromatic heterocycles. The molecule has 74 valence electrons. The Morgan fingerprint density at radius 3 is 2.38 bits per heavy atom. The first-order chi connectivity index (χ1) is 6.34. The van der Waals surface area contributed by atoms with Gasteiger partial charge in [0, 0.05) is 0 Å². The van der Waals surface area contributed by atoms with E-state index in [-0.39, 0.29) is 5.82 Å². The molecule has 0 spiro atoms. The highest BCUT2D eigenvalue weighted by molar-refractivity contribution is 5.17. The second-order valence-electron chi connectivity index (χ2n) is 2.44. The van der Waals surface area contributed by atoms with Gasteiger partial charge in [-0.05, 0) is 31.6 Å². The first-order valence-corrected chi connectivity index (χ1v) is 4.72. The lowest BCUT2D eigenvalue weighted by molar-refractivity contribution is 0.605. The zero-order chi connectivity index (χ0) is 10.1. The van der Waals surface area contributed by atoms with E-state index in [9.17, 15) is 4.39 Å². The lowest BCUT2D eigenvalue weighted by Gasteiger charge is -2.00. The Kier molecular flexibility index (Phi) is 7.21. The van der Waals surface area contributed by atoms with E-state index in [4.69, 9.17) is 0 Å². The Bertz CT molecular complexity index is 223. The number of likely N-dealkylation sites (N-methyl/N-ethyl adjacent to an activating group) is 1. The van der Waals surface area contributed by atoms with E-state index in [0.717, 1.165) is 18.5 Å². The van der Waals surface area contributed by atoms with Crippen LogP contribution < -0.4 is 5.32 Å². The average molecular weight is 183 g/mol. The third-order valence-electron chi connectivity index (χ3n) is 1.60. The van der Waals surface area contributed by atoms with Crippen LogP contribution in [0.4, 0.5) is 4.39 Å². The van der Waals surface area contributed by atoms with Crippen LogP contribution in [0.25, 0.3) is 0 Å². The van der Waals surface area contributed by atoms with Crippen molar-refractivity contribution >= 4 is 0 Å². The van der Waals surface area contributed by atoms with E-state index in [2.05, 4.69) is 5.32 Å². The van der Waals surface area contributed by atoms with E-state index in [0.29, 0.717) is 0 Å². The molecule has 0 aliphatic rings. The molecule has 0 saturated carbocycles. The summed E-state index contributed by atoms with van der Waals surface area (Å²) in [5.41, 5.74) is 0.779. The van der Waals surface area contributed by atoms with Gasteiger partial charge >= 0.3 is 0 Å². The minimum Gasteiger partial charge on any atom is -0.319 e. The van der Waals surface area contributed by atoms with Crippen molar-refractivity contribution in [2.75, 3.05) is 13.6 Å². The Morgan fingerprint density at radius 2 is 1.85 bits per heavy atom. The van der Waals surface area contributed by atoms with Crippen molar-refractivity contribution in [2.24, 2.45) is 0 Å². The summed E-state index contributed by atoms with van der Waals surface area (Å²) in [5, 5.41) is 2.98. The van der Waals surface area contributed by atoms with E-state index in [1.807, 2.05) is 33.0 Å². The van der Waals surface area contributed by atoms with E-state index < -0.39 is 0 Å². The Morgan fingerprint density at radius 1 is 1.23 bits per heavy atom. The third kappa shape index (κ3) is 4.63. The molecule has 1 rings (SSSR count). The van der Waals surface area contributed by atoms with Crippen LogP contribution >= 0.6 is 0 Å². The van der Waals surface area contributed by atoms with Crippen LogP contribution in [0.15, 0.2) is 24.3 Å². The van der Waals surface area contributed by atoms with Gasteiger partial charge in [0.2, 0.25) is 0 Å². The highest BCUT2D eigenvalue weighted by Crippen LogP contribution is 2.05. The normalized spacial score (nSPS) is 8.92. The van der Waals surface area contributed by atoms with Gasteiger partial charge in [-0.2, -0.15) is 0 Å². The standard InChI is InChI=1S/C9H12FN.C2H6/c1-11-7-6-8-4-2-3-5-9(8)10;1-2/h2-5,11H,6-7H2,1H3;1-2H3. The van der Waals surface area contributed by atoms with Gasteiger partial charge in [-0.3, -0.25) is 0 Å². The SMILES string of the molecule is CC.CNCCc1ccccc1F. The monoisotopic (exact) mass is 183 g/mol. The molecule has 0 aliphatic heterocycles. The predicted molar refractivity (Wildman–Crippen MR) is 55.4 cm³/mol. The summed E-state index contributed by atoms with van der Waals surface area (Å²) in [7, 11) is 1.86. The molecule has 2 heteroatoms. The Hall–Kier alpha value is -0.890. The van der Waals surface area contributed by atoms with Crippen LogP contribution in [0.5, 0.6) is 0 Å². The smallest absolute Gasteiger partial charge is 0.126 e. The van der Waals surface area contributed by atoms with Crippen LogP contribution in [0.2, 0.25) is 0 Å². The fourth-order valence-corrected chi connectivity index (χ4v) is 0.961. The largest absolute Gasteiger partial charge is 0.319 e. The molecule has 0 unspecified atom stereocenters. The molecule has 0 amide bonds. The van der Waals surface area contributed by atoms with Crippen molar-refractivity contribution in [2.45, 2.75) is 20.3 Å². The maximum absolute atomic E-state index is 12.9. The van der Waals surface area contributed by atoms with E-state index in [1.54, 1.807) is 6.07 Å². The summed E-state index contributed by atoms with van der Waals surface area (Å²) in [6, 6.07) is 6.87. The van der Waals surface area contributed by atoms with Gasteiger partial charge in [-0.15, -0.1) is 0 Å². The maximum Gasteiger partial charge on any atom is 0.126 e. The summed E-state index contributed by atoms with van der Waals surface area (Å²) in [6.07, 6.45) is 0.753. The molecule has 0 heterocycles. The van der Waals surface area contributed by atoms with E-state index in [1.165, 1.54) is 6.07 Å². The lowest BCUT2D eigenvalue weighted by Crippen LogP contribution is -2.10. The van der Waals surface area contributed by atoms with Gasteiger partial charge in [0.25, 0.3) is 0 Å². The van der Waals surface area contributed by atoms with Gasteiger partial charge in [-0.25, -0.2) is 4.39 Å². The van der Waals surface area contributed by atoms with Crippen molar-refractivity contribution in [1.29, 1.82) is 0 Å². The average Bonchev–Trinajstić information content (AvgIpc) is 2.20. The van der Waals surface area contributed by atoms with Gasteiger partial charge in [0.05, 0.1) is 0 Å². The molecule has 0 fully saturated rings. The number of nitrogens with one attached hydrogen (secondary N) is 1. The van der Waals surface area contributed by atoms with E-state index >= 15 is 0 Å². The van der Waals surface area contributed by atoms with Gasteiger partial charge < -0.3 is 5.32 Å². The molecule has 0 atom stereocenters. The topological polar surface area (TPSA) is 12.0 Å². The van der Waals surface area contributed by atoms with Crippen molar-refractivity contribution in [3.8, 4) is 0 Å². The first kappa shape index (κ1) is 12.1. The molecule has 13 heavy (non-hydrogen) atoms. The molecule has 1 nitrogen and oxygen atoms in total. The summed E-state index contributed by atoms with van der Waals surface area (Å²) in [6.45, 7) is 4.82. The third-order valence-corrected chi connectivity index (χ3v) is 1.60. The second-order valence-corrected chi connectivity index (χ2v) is 2.44. The zero-order valence-electron chi connectivity index (χ0n) is 8.60. The quantitative estimate of drug-likeness (QED) is 0.759. The number of rotatable bonds is 3. The number of halogens is 1. The summed E-state index contributed by atoms with van der Waals surface area (Å²) >= 11 is 0. The van der Waals surface area contributed by atoms with Gasteiger partial charge in [0.15, 0.2) is 0 Å². The molecule has 1 aromatic carbocycles. The number of benzene rings is 1. The Balaban J connectivity index is 0.000000671.